The number of benzene rings is 3. The van der Waals surface area contributed by atoms with E-state index in [2.05, 4.69) is 5.32 Å². The molecule has 0 unspecified atom stereocenters. The zero-order valence-corrected chi connectivity index (χ0v) is 20.8. The Morgan fingerprint density at radius 3 is 2.21 bits per heavy atom. The van der Waals surface area contributed by atoms with Gasteiger partial charge in [-0.05, 0) is 86.3 Å². The Morgan fingerprint density at radius 1 is 1.03 bits per heavy atom. The van der Waals surface area contributed by atoms with Crippen molar-refractivity contribution in [1.29, 1.82) is 0 Å². The Balaban J connectivity index is 1.88. The van der Waals surface area contributed by atoms with E-state index in [0.717, 1.165) is 9.20 Å². The number of hydrogen-bond acceptors (Lipinski definition) is 5. The average molecular weight is 503 g/mol. The van der Waals surface area contributed by atoms with Crippen LogP contribution in [0.3, 0.4) is 0 Å². The lowest BCUT2D eigenvalue weighted by Gasteiger charge is -2.25. The summed E-state index contributed by atoms with van der Waals surface area (Å²) in [6.45, 7) is 3.66. The molecule has 180 valence electrons. The van der Waals surface area contributed by atoms with Crippen LogP contribution < -0.4 is 14.4 Å². The second-order valence-corrected chi connectivity index (χ2v) is 10.2. The smallest absolute Gasteiger partial charge is 0.264 e. The van der Waals surface area contributed by atoms with Gasteiger partial charge in [0.25, 0.3) is 10.0 Å². The highest BCUT2D eigenvalue weighted by molar-refractivity contribution is 7.98. The van der Waals surface area contributed by atoms with Gasteiger partial charge in [0.05, 0.1) is 23.2 Å². The molecule has 1 atom stereocenters. The summed E-state index contributed by atoms with van der Waals surface area (Å²) in [7, 11) is -4.03. The largest absolute Gasteiger partial charge is 0.494 e. The molecule has 3 aromatic carbocycles. The highest BCUT2D eigenvalue weighted by Crippen LogP contribution is 2.27. The molecule has 0 saturated heterocycles. The number of hydrogen-bond donors (Lipinski definition) is 1. The molecule has 0 radical (unpaired) electrons. The van der Waals surface area contributed by atoms with Gasteiger partial charge >= 0.3 is 0 Å². The van der Waals surface area contributed by atoms with Crippen molar-refractivity contribution in [2.45, 2.75) is 29.7 Å². The number of anilines is 1. The molecule has 0 heterocycles. The zero-order chi connectivity index (χ0) is 24.7. The molecule has 0 spiro atoms. The predicted octanol–water partition coefficient (Wildman–Crippen LogP) is 5.02. The van der Waals surface area contributed by atoms with Gasteiger partial charge in [-0.1, -0.05) is 12.1 Å². The highest BCUT2D eigenvalue weighted by Gasteiger charge is 2.28. The number of amides is 1. The van der Waals surface area contributed by atoms with E-state index < -0.39 is 28.5 Å². The van der Waals surface area contributed by atoms with Crippen molar-refractivity contribution < 1.29 is 22.3 Å². The standard InChI is InChI=1S/C25H27FN2O4S2/c1-4-32-22-11-9-21(10-12-22)28(34(30,31)24-15-13-23(33-3)14-16-24)17-25(29)27-18(2)19-5-7-20(26)8-6-19/h5-16,18H,4,17H2,1-3H3,(H,27,29)/t18-/m1/s1. The van der Waals surface area contributed by atoms with Crippen LogP contribution in [0.4, 0.5) is 10.1 Å². The monoisotopic (exact) mass is 502 g/mol. The van der Waals surface area contributed by atoms with Crippen LogP contribution >= 0.6 is 11.8 Å². The van der Waals surface area contributed by atoms with E-state index in [1.165, 1.54) is 36.0 Å². The number of rotatable bonds is 10. The number of nitrogens with zero attached hydrogens (tertiary/aromatic N) is 1. The normalized spacial score (nSPS) is 12.1. The molecular formula is C25H27FN2O4S2. The van der Waals surface area contributed by atoms with Crippen molar-refractivity contribution in [3.8, 4) is 5.75 Å². The van der Waals surface area contributed by atoms with Crippen LogP contribution in [0, 0.1) is 5.82 Å². The van der Waals surface area contributed by atoms with Crippen LogP contribution in [0.25, 0.3) is 0 Å². The molecule has 3 aromatic rings. The summed E-state index contributed by atoms with van der Waals surface area (Å²) < 4.78 is 46.8. The van der Waals surface area contributed by atoms with E-state index >= 15 is 0 Å². The molecule has 1 amide bonds. The molecule has 0 aliphatic heterocycles. The Kier molecular flexibility index (Phi) is 8.57. The van der Waals surface area contributed by atoms with Crippen molar-refractivity contribution >= 4 is 33.4 Å². The van der Waals surface area contributed by atoms with Crippen molar-refractivity contribution in [2.75, 3.05) is 23.7 Å². The summed E-state index contributed by atoms with van der Waals surface area (Å²) in [5.41, 5.74) is 1.04. The van der Waals surface area contributed by atoms with Crippen molar-refractivity contribution in [1.82, 2.24) is 5.32 Å². The van der Waals surface area contributed by atoms with Gasteiger partial charge in [0.2, 0.25) is 5.91 Å². The van der Waals surface area contributed by atoms with Crippen LogP contribution in [0.2, 0.25) is 0 Å². The second-order valence-electron chi connectivity index (χ2n) is 7.45. The van der Waals surface area contributed by atoms with E-state index in [-0.39, 0.29) is 10.7 Å². The Hall–Kier alpha value is -3.04. The number of ether oxygens (including phenoxy) is 1. The maximum Gasteiger partial charge on any atom is 0.264 e. The summed E-state index contributed by atoms with van der Waals surface area (Å²) >= 11 is 1.51. The molecule has 0 bridgehead atoms. The fourth-order valence-corrected chi connectivity index (χ4v) is 5.15. The summed E-state index contributed by atoms with van der Waals surface area (Å²) in [5.74, 6) is -0.264. The minimum Gasteiger partial charge on any atom is -0.494 e. The first-order valence-electron chi connectivity index (χ1n) is 10.7. The maximum absolute atomic E-state index is 13.5. The third-order valence-corrected chi connectivity index (χ3v) is 7.65. The fraction of sp³-hybridized carbons (Fsp3) is 0.240. The third-order valence-electron chi connectivity index (χ3n) is 5.12. The van der Waals surface area contributed by atoms with Crippen LogP contribution in [-0.2, 0) is 14.8 Å². The molecule has 34 heavy (non-hydrogen) atoms. The topological polar surface area (TPSA) is 75.7 Å². The predicted molar refractivity (Wildman–Crippen MR) is 133 cm³/mol. The Morgan fingerprint density at radius 2 is 1.65 bits per heavy atom. The van der Waals surface area contributed by atoms with E-state index in [9.17, 15) is 17.6 Å². The number of halogens is 1. The van der Waals surface area contributed by atoms with Crippen LogP contribution in [0.1, 0.15) is 25.5 Å². The highest BCUT2D eigenvalue weighted by atomic mass is 32.2. The fourth-order valence-electron chi connectivity index (χ4n) is 3.32. The first-order chi connectivity index (χ1) is 16.2. The summed E-state index contributed by atoms with van der Waals surface area (Å²) in [6.07, 6.45) is 1.91. The number of thioether (sulfide) groups is 1. The van der Waals surface area contributed by atoms with Gasteiger partial charge in [0, 0.05) is 4.90 Å². The molecule has 6 nitrogen and oxygen atoms in total. The Labute approximate surface area is 204 Å². The lowest BCUT2D eigenvalue weighted by molar-refractivity contribution is -0.120. The number of carbonyl (C=O) groups excluding carboxylic acids is 1. The van der Waals surface area contributed by atoms with E-state index in [1.807, 2.05) is 13.2 Å². The molecule has 0 saturated carbocycles. The second kappa shape index (κ2) is 11.4. The zero-order valence-electron chi connectivity index (χ0n) is 19.2. The minimum atomic E-state index is -4.03. The first kappa shape index (κ1) is 25.6. The molecule has 0 aromatic heterocycles. The molecule has 3 rings (SSSR count). The van der Waals surface area contributed by atoms with Gasteiger partial charge in [-0.25, -0.2) is 12.8 Å². The molecule has 0 fully saturated rings. The molecule has 0 aliphatic carbocycles. The first-order valence-corrected chi connectivity index (χ1v) is 13.4. The SMILES string of the molecule is CCOc1ccc(N(CC(=O)N[C@H](C)c2ccc(F)cc2)S(=O)(=O)c2ccc(SC)cc2)cc1. The van der Waals surface area contributed by atoms with Gasteiger partial charge in [-0.3, -0.25) is 9.10 Å². The maximum atomic E-state index is 13.5. The minimum absolute atomic E-state index is 0.0820. The average Bonchev–Trinajstić information content (AvgIpc) is 2.83. The van der Waals surface area contributed by atoms with Gasteiger partial charge in [0.15, 0.2) is 0 Å². The van der Waals surface area contributed by atoms with Gasteiger partial charge in [-0.15, -0.1) is 11.8 Å². The number of carbonyl (C=O) groups is 1. The number of sulfonamides is 1. The summed E-state index contributed by atoms with van der Waals surface area (Å²) in [6, 6.07) is 18.4. The van der Waals surface area contributed by atoms with Gasteiger partial charge in [-0.2, -0.15) is 0 Å². The van der Waals surface area contributed by atoms with Crippen LogP contribution in [0.5, 0.6) is 5.75 Å². The molecule has 9 heteroatoms. The molecule has 1 N–H and O–H groups in total. The summed E-state index contributed by atoms with van der Waals surface area (Å²) in [5, 5.41) is 2.79. The van der Waals surface area contributed by atoms with E-state index in [0.29, 0.717) is 23.6 Å². The van der Waals surface area contributed by atoms with E-state index in [4.69, 9.17) is 4.74 Å². The summed E-state index contributed by atoms with van der Waals surface area (Å²) in [4.78, 5) is 13.9. The van der Waals surface area contributed by atoms with Gasteiger partial charge in [0.1, 0.15) is 18.1 Å². The van der Waals surface area contributed by atoms with Gasteiger partial charge < -0.3 is 10.1 Å². The quantitative estimate of drug-likeness (QED) is 0.394. The molecule has 0 aliphatic rings. The molecular weight excluding hydrogens is 475 g/mol. The lowest BCUT2D eigenvalue weighted by atomic mass is 10.1. The van der Waals surface area contributed by atoms with Crippen LogP contribution in [0.15, 0.2) is 82.6 Å². The van der Waals surface area contributed by atoms with Crippen LogP contribution in [-0.4, -0.2) is 33.7 Å². The Bertz CT molecular complexity index is 1200. The van der Waals surface area contributed by atoms with E-state index in [1.54, 1.807) is 55.5 Å². The lowest BCUT2D eigenvalue weighted by Crippen LogP contribution is -2.41. The third kappa shape index (κ3) is 6.30. The number of nitrogens with one attached hydrogen (secondary N) is 1. The van der Waals surface area contributed by atoms with Crippen molar-refractivity contribution in [3.63, 3.8) is 0 Å². The van der Waals surface area contributed by atoms with Crippen molar-refractivity contribution in [2.24, 2.45) is 0 Å². The van der Waals surface area contributed by atoms with Crippen molar-refractivity contribution in [3.05, 3.63) is 84.2 Å².